The van der Waals surface area contributed by atoms with Crippen molar-refractivity contribution < 1.29 is 21.6 Å². The Kier molecular flexibility index (Phi) is 3.92. The molecule has 0 spiro atoms. The molecule has 0 amide bonds. The Bertz CT molecular complexity index is 789. The van der Waals surface area contributed by atoms with Crippen LogP contribution < -0.4 is 10.5 Å². The number of hydrogen-bond donors (Lipinski definition) is 3. The minimum atomic E-state index is -4.29. The van der Waals surface area contributed by atoms with Gasteiger partial charge in [-0.05, 0) is 6.92 Å². The van der Waals surface area contributed by atoms with Crippen LogP contribution in [0.1, 0.15) is 11.3 Å². The maximum Gasteiger partial charge on any atom is 0.281 e. The van der Waals surface area contributed by atoms with E-state index in [0.29, 0.717) is 11.8 Å². The van der Waals surface area contributed by atoms with Crippen molar-refractivity contribution in [3.8, 4) is 0 Å². The molecule has 1 heterocycles. The molecule has 10 heteroatoms. The zero-order valence-corrected chi connectivity index (χ0v) is 11.6. The van der Waals surface area contributed by atoms with Gasteiger partial charge in [-0.3, -0.25) is 9.82 Å². The van der Waals surface area contributed by atoms with Crippen LogP contribution in [0.5, 0.6) is 0 Å². The second-order valence-corrected chi connectivity index (χ2v) is 5.79. The molecule has 0 atom stereocenters. The molecular formula is C11H11F3N4O2S. The van der Waals surface area contributed by atoms with Gasteiger partial charge in [0, 0.05) is 29.9 Å². The number of hydrogen-bond acceptors (Lipinski definition) is 4. The Morgan fingerprint density at radius 3 is 2.48 bits per heavy atom. The third kappa shape index (κ3) is 2.85. The molecule has 0 saturated heterocycles. The summed E-state index contributed by atoms with van der Waals surface area (Å²) >= 11 is 0. The minimum absolute atomic E-state index is 0.112. The fourth-order valence-corrected chi connectivity index (χ4v) is 2.96. The molecule has 1 aromatic carbocycles. The summed E-state index contributed by atoms with van der Waals surface area (Å²) in [6, 6.07) is 0.649. The first kappa shape index (κ1) is 15.3. The molecule has 0 radical (unpaired) electrons. The van der Waals surface area contributed by atoms with Gasteiger partial charge in [-0.15, -0.1) is 0 Å². The van der Waals surface area contributed by atoms with Crippen molar-refractivity contribution in [1.29, 1.82) is 0 Å². The van der Waals surface area contributed by atoms with Gasteiger partial charge in [0.2, 0.25) is 5.03 Å². The number of benzene rings is 1. The predicted octanol–water partition coefficient (Wildman–Crippen LogP) is 1.39. The van der Waals surface area contributed by atoms with Gasteiger partial charge in [-0.1, -0.05) is 0 Å². The zero-order chi connectivity index (χ0) is 15.8. The fourth-order valence-electron chi connectivity index (χ4n) is 1.69. The van der Waals surface area contributed by atoms with Gasteiger partial charge in [0.15, 0.2) is 11.6 Å². The van der Waals surface area contributed by atoms with Crippen LogP contribution in [0.15, 0.2) is 17.2 Å². The summed E-state index contributed by atoms with van der Waals surface area (Å²) in [6.45, 7) is 1.45. The van der Waals surface area contributed by atoms with Crippen LogP contribution >= 0.6 is 0 Å². The molecule has 0 aliphatic carbocycles. The lowest BCUT2D eigenvalue weighted by atomic mass is 10.3. The average molecular weight is 320 g/mol. The topological polar surface area (TPSA) is 101 Å². The number of nitrogens with one attached hydrogen (secondary N) is 2. The van der Waals surface area contributed by atoms with Crippen LogP contribution in [0, 0.1) is 24.4 Å². The van der Waals surface area contributed by atoms with E-state index in [2.05, 4.69) is 10.2 Å². The van der Waals surface area contributed by atoms with E-state index in [1.54, 1.807) is 6.92 Å². The van der Waals surface area contributed by atoms with E-state index in [1.165, 1.54) is 0 Å². The molecule has 21 heavy (non-hydrogen) atoms. The first-order valence-electron chi connectivity index (χ1n) is 5.67. The van der Waals surface area contributed by atoms with Crippen molar-refractivity contribution in [1.82, 2.24) is 10.2 Å². The van der Waals surface area contributed by atoms with Gasteiger partial charge in [0.1, 0.15) is 5.82 Å². The summed E-state index contributed by atoms with van der Waals surface area (Å²) in [5, 5.41) is 5.59. The standard InChI is InChI=1S/C11H11F3N4O2S/c1-5-6(4-15)11(17-16-5)21(19,20)18-10-3-8(13)7(12)2-9(10)14/h2-3,18H,4,15H2,1H3,(H,16,17). The van der Waals surface area contributed by atoms with Crippen molar-refractivity contribution in [2.45, 2.75) is 18.5 Å². The first-order valence-corrected chi connectivity index (χ1v) is 7.16. The SMILES string of the molecule is Cc1[nH]nc(S(=O)(=O)Nc2cc(F)c(F)cc2F)c1CN. The highest BCUT2D eigenvalue weighted by molar-refractivity contribution is 7.92. The van der Waals surface area contributed by atoms with Gasteiger partial charge in [-0.2, -0.15) is 13.5 Å². The number of aryl methyl sites for hydroxylation is 1. The Balaban J connectivity index is 2.45. The number of aromatic nitrogens is 2. The summed E-state index contributed by atoms with van der Waals surface area (Å²) in [5.74, 6) is -4.06. The lowest BCUT2D eigenvalue weighted by Crippen LogP contribution is -2.17. The Hall–Kier alpha value is -2.07. The van der Waals surface area contributed by atoms with E-state index < -0.39 is 38.2 Å². The van der Waals surface area contributed by atoms with Crippen LogP contribution in [-0.2, 0) is 16.6 Å². The molecule has 2 rings (SSSR count). The number of halogens is 3. The Morgan fingerprint density at radius 2 is 1.86 bits per heavy atom. The molecule has 0 saturated carbocycles. The molecule has 2 aromatic rings. The van der Waals surface area contributed by atoms with Gasteiger partial charge in [0.05, 0.1) is 5.69 Å². The molecule has 4 N–H and O–H groups in total. The lowest BCUT2D eigenvalue weighted by Gasteiger charge is -2.08. The van der Waals surface area contributed by atoms with E-state index in [4.69, 9.17) is 5.73 Å². The van der Waals surface area contributed by atoms with Crippen LogP contribution in [0.2, 0.25) is 0 Å². The molecular weight excluding hydrogens is 309 g/mol. The van der Waals surface area contributed by atoms with Crippen molar-refractivity contribution in [3.63, 3.8) is 0 Å². The first-order chi connectivity index (χ1) is 9.76. The number of rotatable bonds is 4. The monoisotopic (exact) mass is 320 g/mol. The Labute approximate surface area is 118 Å². The van der Waals surface area contributed by atoms with Crippen molar-refractivity contribution in [2.24, 2.45) is 5.73 Å². The van der Waals surface area contributed by atoms with E-state index in [9.17, 15) is 21.6 Å². The van der Waals surface area contributed by atoms with Gasteiger partial charge >= 0.3 is 0 Å². The summed E-state index contributed by atoms with van der Waals surface area (Å²) in [6.07, 6.45) is 0. The highest BCUT2D eigenvalue weighted by Gasteiger charge is 2.25. The second kappa shape index (κ2) is 5.37. The third-order valence-corrected chi connectivity index (χ3v) is 4.08. The van der Waals surface area contributed by atoms with Crippen LogP contribution in [-0.4, -0.2) is 18.6 Å². The van der Waals surface area contributed by atoms with Crippen LogP contribution in [0.4, 0.5) is 18.9 Å². The predicted molar refractivity (Wildman–Crippen MR) is 68.3 cm³/mol. The number of sulfonamides is 1. The molecule has 1 aromatic heterocycles. The molecule has 0 unspecified atom stereocenters. The third-order valence-electron chi connectivity index (χ3n) is 2.75. The normalized spacial score (nSPS) is 11.7. The molecule has 0 bridgehead atoms. The summed E-state index contributed by atoms with van der Waals surface area (Å²) in [4.78, 5) is 0. The van der Waals surface area contributed by atoms with Crippen molar-refractivity contribution >= 4 is 15.7 Å². The maximum absolute atomic E-state index is 13.5. The van der Waals surface area contributed by atoms with Crippen LogP contribution in [0.25, 0.3) is 0 Å². The number of nitrogens with two attached hydrogens (primary N) is 1. The Morgan fingerprint density at radius 1 is 1.24 bits per heavy atom. The van der Waals surface area contributed by atoms with Gasteiger partial charge in [0.25, 0.3) is 10.0 Å². The molecule has 0 aliphatic rings. The lowest BCUT2D eigenvalue weighted by molar-refractivity contribution is 0.496. The summed E-state index contributed by atoms with van der Waals surface area (Å²) in [7, 11) is -4.29. The van der Waals surface area contributed by atoms with E-state index >= 15 is 0 Å². The number of H-pyrrole nitrogens is 1. The number of nitrogens with zero attached hydrogens (tertiary/aromatic N) is 1. The quantitative estimate of drug-likeness (QED) is 0.741. The summed E-state index contributed by atoms with van der Waals surface area (Å²) in [5.41, 5.74) is 5.35. The summed E-state index contributed by atoms with van der Waals surface area (Å²) < 4.78 is 65.4. The molecule has 0 aliphatic heterocycles. The fraction of sp³-hybridized carbons (Fsp3) is 0.182. The van der Waals surface area contributed by atoms with Gasteiger partial charge < -0.3 is 5.73 Å². The van der Waals surface area contributed by atoms with E-state index in [-0.39, 0.29) is 18.2 Å². The van der Waals surface area contributed by atoms with Gasteiger partial charge in [-0.25, -0.2) is 13.2 Å². The highest BCUT2D eigenvalue weighted by Crippen LogP contribution is 2.23. The molecule has 114 valence electrons. The zero-order valence-electron chi connectivity index (χ0n) is 10.7. The molecule has 0 fully saturated rings. The minimum Gasteiger partial charge on any atom is -0.326 e. The largest absolute Gasteiger partial charge is 0.326 e. The smallest absolute Gasteiger partial charge is 0.281 e. The average Bonchev–Trinajstić information content (AvgIpc) is 2.77. The number of anilines is 1. The second-order valence-electron chi connectivity index (χ2n) is 4.19. The van der Waals surface area contributed by atoms with E-state index in [1.807, 2.05) is 4.72 Å². The van der Waals surface area contributed by atoms with Crippen molar-refractivity contribution in [3.05, 3.63) is 40.8 Å². The van der Waals surface area contributed by atoms with Crippen molar-refractivity contribution in [2.75, 3.05) is 4.72 Å². The number of aromatic amines is 1. The highest BCUT2D eigenvalue weighted by atomic mass is 32.2. The molecule has 6 nitrogen and oxygen atoms in total. The van der Waals surface area contributed by atoms with Crippen LogP contribution in [0.3, 0.4) is 0 Å². The van der Waals surface area contributed by atoms with E-state index in [0.717, 1.165) is 0 Å². The maximum atomic E-state index is 13.5.